The lowest BCUT2D eigenvalue weighted by Crippen LogP contribution is -2.18. The zero-order valence-electron chi connectivity index (χ0n) is 15.5. The Morgan fingerprint density at radius 3 is 2.42 bits per heavy atom. The van der Waals surface area contributed by atoms with E-state index in [9.17, 15) is 9.59 Å². The van der Waals surface area contributed by atoms with Crippen molar-refractivity contribution in [2.45, 2.75) is 33.3 Å². The molecule has 0 aliphatic carbocycles. The summed E-state index contributed by atoms with van der Waals surface area (Å²) in [6.45, 7) is 6.18. The Balaban J connectivity index is 2.21. The van der Waals surface area contributed by atoms with Gasteiger partial charge in [-0.25, -0.2) is 4.79 Å². The van der Waals surface area contributed by atoms with E-state index in [4.69, 9.17) is 9.47 Å². The van der Waals surface area contributed by atoms with E-state index in [0.29, 0.717) is 17.9 Å². The van der Waals surface area contributed by atoms with Crippen molar-refractivity contribution < 1.29 is 19.1 Å². The van der Waals surface area contributed by atoms with Crippen molar-refractivity contribution in [3.05, 3.63) is 54.1 Å². The van der Waals surface area contributed by atoms with Crippen molar-refractivity contribution in [1.29, 1.82) is 0 Å². The lowest BCUT2D eigenvalue weighted by molar-refractivity contribution is -0.117. The van der Waals surface area contributed by atoms with Crippen LogP contribution in [0.5, 0.6) is 0 Å². The average molecular weight is 355 g/mol. The Morgan fingerprint density at radius 1 is 1.04 bits per heavy atom. The maximum absolute atomic E-state index is 12.3. The first-order valence-electron chi connectivity index (χ1n) is 8.79. The summed E-state index contributed by atoms with van der Waals surface area (Å²) in [7, 11) is 0. The quantitative estimate of drug-likeness (QED) is 0.718. The number of hydrogen-bond acceptors (Lipinski definition) is 4. The van der Waals surface area contributed by atoms with Gasteiger partial charge in [-0.1, -0.05) is 36.4 Å². The monoisotopic (exact) mass is 355 g/mol. The topological polar surface area (TPSA) is 64.6 Å². The molecule has 0 aromatic heterocycles. The summed E-state index contributed by atoms with van der Waals surface area (Å²) in [4.78, 5) is 24.5. The first-order chi connectivity index (χ1) is 12.5. The summed E-state index contributed by atoms with van der Waals surface area (Å²) in [5.74, 6) is -0.664. The SMILES string of the molecule is CCOC(=O)c1cc(-c2ccccc2)ccc1NC(=O)CCOC(C)C. The van der Waals surface area contributed by atoms with Crippen LogP contribution in [0.2, 0.25) is 0 Å². The van der Waals surface area contributed by atoms with Gasteiger partial charge in [-0.15, -0.1) is 0 Å². The number of rotatable bonds is 8. The molecule has 2 rings (SSSR count). The molecule has 0 heterocycles. The highest BCUT2D eigenvalue weighted by Crippen LogP contribution is 2.26. The zero-order chi connectivity index (χ0) is 18.9. The molecule has 0 saturated heterocycles. The van der Waals surface area contributed by atoms with E-state index in [0.717, 1.165) is 11.1 Å². The van der Waals surface area contributed by atoms with Crippen LogP contribution in [-0.4, -0.2) is 31.2 Å². The van der Waals surface area contributed by atoms with Gasteiger partial charge < -0.3 is 14.8 Å². The summed E-state index contributed by atoms with van der Waals surface area (Å²) in [6.07, 6.45) is 0.295. The molecule has 1 amide bonds. The molecule has 0 spiro atoms. The number of carbonyl (C=O) groups excluding carboxylic acids is 2. The van der Waals surface area contributed by atoms with E-state index in [1.807, 2.05) is 50.2 Å². The van der Waals surface area contributed by atoms with Crippen molar-refractivity contribution in [3.8, 4) is 11.1 Å². The molecule has 0 aliphatic heterocycles. The molecule has 0 aliphatic rings. The number of hydrogen-bond donors (Lipinski definition) is 1. The Kier molecular flexibility index (Phi) is 7.36. The predicted molar refractivity (Wildman–Crippen MR) is 102 cm³/mol. The smallest absolute Gasteiger partial charge is 0.340 e. The van der Waals surface area contributed by atoms with E-state index >= 15 is 0 Å². The molecular formula is C21H25NO4. The highest BCUT2D eigenvalue weighted by Gasteiger charge is 2.16. The molecule has 5 nitrogen and oxygen atoms in total. The number of anilines is 1. The summed E-state index contributed by atoms with van der Waals surface area (Å²) in [5.41, 5.74) is 2.65. The molecule has 5 heteroatoms. The first kappa shape index (κ1) is 19.7. The van der Waals surface area contributed by atoms with Gasteiger partial charge in [0.1, 0.15) is 0 Å². The van der Waals surface area contributed by atoms with Gasteiger partial charge in [0, 0.05) is 0 Å². The van der Waals surface area contributed by atoms with Gasteiger partial charge in [-0.2, -0.15) is 0 Å². The summed E-state index contributed by atoms with van der Waals surface area (Å²) >= 11 is 0. The second-order valence-corrected chi connectivity index (χ2v) is 6.06. The van der Waals surface area contributed by atoms with Crippen molar-refractivity contribution in [1.82, 2.24) is 0 Å². The molecule has 2 aromatic carbocycles. The van der Waals surface area contributed by atoms with Crippen LogP contribution in [0.1, 0.15) is 37.6 Å². The normalized spacial score (nSPS) is 10.6. The van der Waals surface area contributed by atoms with Crippen LogP contribution in [0.4, 0.5) is 5.69 Å². The van der Waals surface area contributed by atoms with Gasteiger partial charge in [0.15, 0.2) is 0 Å². The summed E-state index contributed by atoms with van der Waals surface area (Å²) in [5, 5.41) is 2.78. The molecule has 1 N–H and O–H groups in total. The van der Waals surface area contributed by atoms with Crippen molar-refractivity contribution in [2.24, 2.45) is 0 Å². The van der Waals surface area contributed by atoms with Crippen LogP contribution < -0.4 is 5.32 Å². The number of ether oxygens (including phenoxy) is 2. The van der Waals surface area contributed by atoms with Crippen LogP contribution in [0.15, 0.2) is 48.5 Å². The third-order valence-corrected chi connectivity index (χ3v) is 3.68. The van der Waals surface area contributed by atoms with Gasteiger partial charge in [-0.3, -0.25) is 4.79 Å². The minimum Gasteiger partial charge on any atom is -0.462 e. The third kappa shape index (κ3) is 5.70. The minimum absolute atomic E-state index is 0.0723. The van der Waals surface area contributed by atoms with Crippen LogP contribution in [0.3, 0.4) is 0 Å². The van der Waals surface area contributed by atoms with Crippen molar-refractivity contribution in [3.63, 3.8) is 0 Å². The fraction of sp³-hybridized carbons (Fsp3) is 0.333. The standard InChI is InChI=1S/C21H25NO4/c1-4-25-21(24)18-14-17(16-8-6-5-7-9-16)10-11-19(18)22-20(23)12-13-26-15(2)3/h5-11,14-15H,4,12-13H2,1-3H3,(H,22,23). The van der Waals surface area contributed by atoms with Gasteiger partial charge >= 0.3 is 5.97 Å². The number of nitrogens with one attached hydrogen (secondary N) is 1. The van der Waals surface area contributed by atoms with E-state index in [2.05, 4.69) is 5.32 Å². The number of carbonyl (C=O) groups is 2. The van der Waals surface area contributed by atoms with Gasteiger partial charge in [-0.05, 0) is 44.0 Å². The molecule has 0 radical (unpaired) electrons. The highest BCUT2D eigenvalue weighted by molar-refractivity contribution is 6.02. The lowest BCUT2D eigenvalue weighted by atomic mass is 10.0. The van der Waals surface area contributed by atoms with Crippen LogP contribution in [0.25, 0.3) is 11.1 Å². The fourth-order valence-electron chi connectivity index (χ4n) is 2.44. The molecule has 0 unspecified atom stereocenters. The van der Waals surface area contributed by atoms with Crippen LogP contribution in [-0.2, 0) is 14.3 Å². The summed E-state index contributed by atoms with van der Waals surface area (Å²) < 4.78 is 10.5. The van der Waals surface area contributed by atoms with Gasteiger partial charge in [0.25, 0.3) is 0 Å². The molecule has 26 heavy (non-hydrogen) atoms. The van der Waals surface area contributed by atoms with Crippen molar-refractivity contribution >= 4 is 17.6 Å². The Labute approximate surface area is 154 Å². The Hall–Kier alpha value is -2.66. The highest BCUT2D eigenvalue weighted by atomic mass is 16.5. The Bertz CT molecular complexity index is 741. The minimum atomic E-state index is -0.459. The zero-order valence-corrected chi connectivity index (χ0v) is 15.5. The fourth-order valence-corrected chi connectivity index (χ4v) is 2.44. The molecule has 2 aromatic rings. The van der Waals surface area contributed by atoms with E-state index in [-0.39, 0.29) is 25.0 Å². The molecule has 0 fully saturated rings. The molecular weight excluding hydrogens is 330 g/mol. The molecule has 0 bridgehead atoms. The second kappa shape index (κ2) is 9.73. The first-order valence-corrected chi connectivity index (χ1v) is 8.79. The largest absolute Gasteiger partial charge is 0.462 e. The Morgan fingerprint density at radius 2 is 1.77 bits per heavy atom. The predicted octanol–water partition coefficient (Wildman–Crippen LogP) is 4.28. The lowest BCUT2D eigenvalue weighted by Gasteiger charge is -2.13. The maximum atomic E-state index is 12.3. The van der Waals surface area contributed by atoms with Gasteiger partial charge in [0.2, 0.25) is 5.91 Å². The number of amides is 1. The van der Waals surface area contributed by atoms with E-state index < -0.39 is 5.97 Å². The van der Waals surface area contributed by atoms with Crippen molar-refractivity contribution in [2.75, 3.05) is 18.5 Å². The van der Waals surface area contributed by atoms with Gasteiger partial charge in [0.05, 0.1) is 37.0 Å². The van der Waals surface area contributed by atoms with Crippen LogP contribution in [0, 0.1) is 0 Å². The molecule has 0 saturated carbocycles. The molecule has 0 atom stereocenters. The van der Waals surface area contributed by atoms with E-state index in [1.54, 1.807) is 19.1 Å². The number of benzene rings is 2. The average Bonchev–Trinajstić information content (AvgIpc) is 2.62. The third-order valence-electron chi connectivity index (χ3n) is 3.68. The number of esters is 1. The summed E-state index contributed by atoms with van der Waals surface area (Å²) in [6, 6.07) is 15.1. The maximum Gasteiger partial charge on any atom is 0.340 e. The second-order valence-electron chi connectivity index (χ2n) is 6.06. The van der Waals surface area contributed by atoms with E-state index in [1.165, 1.54) is 0 Å². The van der Waals surface area contributed by atoms with Crippen LogP contribution >= 0.6 is 0 Å². The molecule has 138 valence electrons.